The first-order valence-electron chi connectivity index (χ1n) is 5.59. The highest BCUT2D eigenvalue weighted by molar-refractivity contribution is 5.85. The van der Waals surface area contributed by atoms with Gasteiger partial charge in [-0.25, -0.2) is 0 Å². The second kappa shape index (κ2) is 5.77. The van der Waals surface area contributed by atoms with E-state index in [2.05, 4.69) is 53.5 Å². The molecule has 94 valence electrons. The van der Waals surface area contributed by atoms with E-state index >= 15 is 0 Å². The van der Waals surface area contributed by atoms with Gasteiger partial charge in [0.2, 0.25) is 0 Å². The molecule has 0 amide bonds. The summed E-state index contributed by atoms with van der Waals surface area (Å²) in [6, 6.07) is 4.17. The van der Waals surface area contributed by atoms with Crippen molar-refractivity contribution in [3.63, 3.8) is 0 Å². The van der Waals surface area contributed by atoms with Gasteiger partial charge in [0.25, 0.3) is 0 Å². The maximum absolute atomic E-state index is 4.40. The standard InChI is InChI=1S/C12H18N4.ClH/c1-4-16-9-12(10(2)14-16)13-8-11-6-5-7-15(11)3;/h5-7,9,13H,4,8H2,1-3H3;1H. The number of hydrogen-bond acceptors (Lipinski definition) is 2. The number of rotatable bonds is 4. The highest BCUT2D eigenvalue weighted by atomic mass is 35.5. The van der Waals surface area contributed by atoms with Crippen molar-refractivity contribution in [1.29, 1.82) is 0 Å². The van der Waals surface area contributed by atoms with Crippen LogP contribution in [-0.4, -0.2) is 14.3 Å². The Hall–Kier alpha value is -1.42. The summed E-state index contributed by atoms with van der Waals surface area (Å²) < 4.78 is 4.06. The van der Waals surface area contributed by atoms with Gasteiger partial charge >= 0.3 is 0 Å². The van der Waals surface area contributed by atoms with Crippen molar-refractivity contribution in [2.45, 2.75) is 26.9 Å². The van der Waals surface area contributed by atoms with E-state index in [0.29, 0.717) is 0 Å². The lowest BCUT2D eigenvalue weighted by atomic mass is 10.3. The van der Waals surface area contributed by atoms with Crippen LogP contribution in [0.15, 0.2) is 24.5 Å². The Bertz CT molecular complexity index is 473. The van der Waals surface area contributed by atoms with E-state index in [0.717, 1.165) is 24.5 Å². The van der Waals surface area contributed by atoms with Gasteiger partial charge in [0.15, 0.2) is 0 Å². The summed E-state index contributed by atoms with van der Waals surface area (Å²) in [6.07, 6.45) is 4.11. The van der Waals surface area contributed by atoms with E-state index in [4.69, 9.17) is 0 Å². The molecule has 0 aliphatic rings. The maximum Gasteiger partial charge on any atom is 0.0825 e. The molecule has 5 heteroatoms. The van der Waals surface area contributed by atoms with Crippen molar-refractivity contribution < 1.29 is 0 Å². The van der Waals surface area contributed by atoms with Crippen LogP contribution in [-0.2, 0) is 20.1 Å². The molecule has 0 radical (unpaired) electrons. The minimum atomic E-state index is 0. The fraction of sp³-hybridized carbons (Fsp3) is 0.417. The van der Waals surface area contributed by atoms with Crippen LogP contribution in [0.2, 0.25) is 0 Å². The van der Waals surface area contributed by atoms with E-state index in [-0.39, 0.29) is 12.4 Å². The molecular formula is C12H19ClN4. The molecule has 0 unspecified atom stereocenters. The largest absolute Gasteiger partial charge is 0.377 e. The minimum Gasteiger partial charge on any atom is -0.377 e. The third-order valence-corrected chi connectivity index (χ3v) is 2.78. The molecule has 0 spiro atoms. The summed E-state index contributed by atoms with van der Waals surface area (Å²) in [6.45, 7) is 5.86. The summed E-state index contributed by atoms with van der Waals surface area (Å²) >= 11 is 0. The molecule has 0 aliphatic heterocycles. The second-order valence-corrected chi connectivity index (χ2v) is 3.95. The van der Waals surface area contributed by atoms with Crippen LogP contribution in [0.3, 0.4) is 0 Å². The van der Waals surface area contributed by atoms with Crippen molar-refractivity contribution in [2.75, 3.05) is 5.32 Å². The second-order valence-electron chi connectivity index (χ2n) is 3.95. The van der Waals surface area contributed by atoms with E-state index < -0.39 is 0 Å². The summed E-state index contributed by atoms with van der Waals surface area (Å²) in [7, 11) is 2.05. The normalized spacial score (nSPS) is 10.1. The van der Waals surface area contributed by atoms with Crippen LogP contribution < -0.4 is 5.32 Å². The highest BCUT2D eigenvalue weighted by Crippen LogP contribution is 2.13. The van der Waals surface area contributed by atoms with Gasteiger partial charge < -0.3 is 9.88 Å². The molecule has 2 aromatic rings. The SMILES string of the molecule is CCn1cc(NCc2cccn2C)c(C)n1.Cl. The molecular weight excluding hydrogens is 236 g/mol. The Labute approximate surface area is 108 Å². The predicted molar refractivity (Wildman–Crippen MR) is 72.6 cm³/mol. The van der Waals surface area contributed by atoms with E-state index in [1.54, 1.807) is 0 Å². The molecule has 4 nitrogen and oxygen atoms in total. The molecule has 0 fully saturated rings. The summed E-state index contributed by atoms with van der Waals surface area (Å²) in [4.78, 5) is 0. The van der Waals surface area contributed by atoms with Gasteiger partial charge in [0.05, 0.1) is 17.9 Å². The molecule has 0 bridgehead atoms. The van der Waals surface area contributed by atoms with Gasteiger partial charge in [-0.05, 0) is 26.0 Å². The third kappa shape index (κ3) is 3.03. The summed E-state index contributed by atoms with van der Waals surface area (Å²) in [5.74, 6) is 0. The molecule has 0 saturated carbocycles. The van der Waals surface area contributed by atoms with E-state index in [1.165, 1.54) is 5.69 Å². The van der Waals surface area contributed by atoms with Gasteiger partial charge in [-0.15, -0.1) is 12.4 Å². The number of nitrogens with one attached hydrogen (secondary N) is 1. The first kappa shape index (κ1) is 13.6. The number of aromatic nitrogens is 3. The number of nitrogens with zero attached hydrogens (tertiary/aromatic N) is 3. The van der Waals surface area contributed by atoms with E-state index in [9.17, 15) is 0 Å². The number of hydrogen-bond donors (Lipinski definition) is 1. The van der Waals surface area contributed by atoms with Crippen LogP contribution in [0.1, 0.15) is 18.3 Å². The van der Waals surface area contributed by atoms with Crippen molar-refractivity contribution in [2.24, 2.45) is 7.05 Å². The fourth-order valence-corrected chi connectivity index (χ4v) is 1.72. The Morgan fingerprint density at radius 1 is 1.41 bits per heavy atom. The maximum atomic E-state index is 4.40. The molecule has 2 rings (SSSR count). The Morgan fingerprint density at radius 2 is 2.18 bits per heavy atom. The molecule has 0 atom stereocenters. The Kier molecular flexibility index (Phi) is 4.63. The van der Waals surface area contributed by atoms with Gasteiger partial charge in [-0.1, -0.05) is 0 Å². The van der Waals surface area contributed by atoms with Crippen LogP contribution >= 0.6 is 12.4 Å². The molecule has 2 aromatic heterocycles. The third-order valence-electron chi connectivity index (χ3n) is 2.78. The zero-order chi connectivity index (χ0) is 11.5. The molecule has 2 heterocycles. The highest BCUT2D eigenvalue weighted by Gasteiger charge is 2.04. The van der Waals surface area contributed by atoms with E-state index in [1.807, 2.05) is 11.6 Å². The topological polar surface area (TPSA) is 34.8 Å². The van der Waals surface area contributed by atoms with Crippen LogP contribution in [0.25, 0.3) is 0 Å². The molecule has 1 N–H and O–H groups in total. The van der Waals surface area contributed by atoms with Crippen LogP contribution in [0.4, 0.5) is 5.69 Å². The van der Waals surface area contributed by atoms with Crippen molar-refractivity contribution >= 4 is 18.1 Å². The number of anilines is 1. The van der Waals surface area contributed by atoms with Gasteiger partial charge in [-0.3, -0.25) is 4.68 Å². The quantitative estimate of drug-likeness (QED) is 0.910. The first-order valence-corrected chi connectivity index (χ1v) is 5.59. The average Bonchev–Trinajstić information content (AvgIpc) is 2.82. The molecule has 17 heavy (non-hydrogen) atoms. The Morgan fingerprint density at radius 3 is 2.71 bits per heavy atom. The lowest BCUT2D eigenvalue weighted by molar-refractivity contribution is 0.653. The van der Waals surface area contributed by atoms with Crippen molar-refractivity contribution in [1.82, 2.24) is 14.3 Å². The monoisotopic (exact) mass is 254 g/mol. The molecule has 0 saturated heterocycles. The lowest BCUT2D eigenvalue weighted by Gasteiger charge is -2.05. The van der Waals surface area contributed by atoms with Gasteiger partial charge in [0, 0.05) is 31.7 Å². The molecule has 0 aromatic carbocycles. The number of aryl methyl sites for hydroxylation is 3. The zero-order valence-electron chi connectivity index (χ0n) is 10.5. The fourth-order valence-electron chi connectivity index (χ4n) is 1.72. The lowest BCUT2D eigenvalue weighted by Crippen LogP contribution is -2.04. The van der Waals surface area contributed by atoms with Crippen LogP contribution in [0, 0.1) is 6.92 Å². The van der Waals surface area contributed by atoms with Crippen molar-refractivity contribution in [3.8, 4) is 0 Å². The smallest absolute Gasteiger partial charge is 0.0825 e. The zero-order valence-corrected chi connectivity index (χ0v) is 11.3. The van der Waals surface area contributed by atoms with Crippen LogP contribution in [0.5, 0.6) is 0 Å². The molecule has 0 aliphatic carbocycles. The van der Waals surface area contributed by atoms with Gasteiger partial charge in [0.1, 0.15) is 0 Å². The average molecular weight is 255 g/mol. The Balaban J connectivity index is 0.00000144. The summed E-state index contributed by atoms with van der Waals surface area (Å²) in [5, 5.41) is 7.81. The van der Waals surface area contributed by atoms with Gasteiger partial charge in [-0.2, -0.15) is 5.10 Å². The first-order chi connectivity index (χ1) is 7.70. The minimum absolute atomic E-state index is 0. The van der Waals surface area contributed by atoms with Crippen molar-refractivity contribution in [3.05, 3.63) is 35.9 Å². The summed E-state index contributed by atoms with van der Waals surface area (Å²) in [5.41, 5.74) is 3.43. The predicted octanol–water partition coefficient (Wildman–Crippen LogP) is 2.58. The number of halogens is 1.